The number of benzene rings is 1. The number of nitrogens with zero attached hydrogens (tertiary/aromatic N) is 3. The summed E-state index contributed by atoms with van der Waals surface area (Å²) in [5.74, 6) is 1.13. The molecule has 0 atom stereocenters. The van der Waals surface area contributed by atoms with E-state index in [1.165, 1.54) is 9.80 Å². The van der Waals surface area contributed by atoms with E-state index in [1.807, 2.05) is 31.2 Å². The maximum atomic E-state index is 11.2. The number of hydrogen-bond acceptors (Lipinski definition) is 7. The van der Waals surface area contributed by atoms with E-state index in [0.717, 1.165) is 11.1 Å². The average molecular weight is 483 g/mol. The first-order valence-electron chi connectivity index (χ1n) is 10.4. The van der Waals surface area contributed by atoms with Crippen molar-refractivity contribution < 1.29 is 39.6 Å². The third-order valence-corrected chi connectivity index (χ3v) is 4.54. The first-order chi connectivity index (χ1) is 16.5. The van der Waals surface area contributed by atoms with Crippen LogP contribution in [-0.4, -0.2) is 85.3 Å². The van der Waals surface area contributed by atoms with Gasteiger partial charge < -0.3 is 20.4 Å². The monoisotopic (exact) mass is 483 g/mol. The maximum Gasteiger partial charge on any atom is 0.317 e. The molecule has 0 unspecified atom stereocenters. The minimum Gasteiger partial charge on any atom is -0.480 e. The minimum atomic E-state index is -1.21. The lowest BCUT2D eigenvalue weighted by atomic mass is 10.1. The minimum absolute atomic E-state index is 0.122. The van der Waals surface area contributed by atoms with Gasteiger partial charge in [-0.2, -0.15) is 0 Å². The van der Waals surface area contributed by atoms with Crippen molar-refractivity contribution in [3.63, 3.8) is 0 Å². The number of carboxylic acids is 4. The molecule has 0 aliphatic heterocycles. The topological polar surface area (TPSA) is 169 Å². The van der Waals surface area contributed by atoms with Crippen LogP contribution in [0.5, 0.6) is 0 Å². The summed E-state index contributed by atoms with van der Waals surface area (Å²) in [5.41, 5.74) is 2.90. The molecule has 1 aromatic carbocycles. The molecule has 0 bridgehead atoms. The molecule has 11 nitrogen and oxygen atoms in total. The number of aromatic nitrogens is 1. The summed E-state index contributed by atoms with van der Waals surface area (Å²) in [5, 5.41) is 36.4. The molecule has 0 saturated heterocycles. The van der Waals surface area contributed by atoms with Gasteiger partial charge in [0.25, 0.3) is 0 Å². The van der Waals surface area contributed by atoms with Crippen LogP contribution < -0.4 is 0 Å². The number of aryl methyl sites for hydroxylation is 1. The first-order valence-corrected chi connectivity index (χ1v) is 10.4. The highest BCUT2D eigenvalue weighted by Gasteiger charge is 2.18. The molecule has 184 valence electrons. The van der Waals surface area contributed by atoms with E-state index in [-0.39, 0.29) is 13.1 Å². The number of carboxylic acid groups (broad SMARTS) is 4. The maximum absolute atomic E-state index is 11.2. The Balaban J connectivity index is 2.43. The van der Waals surface area contributed by atoms with E-state index < -0.39 is 50.1 Å². The van der Waals surface area contributed by atoms with Gasteiger partial charge in [0.2, 0.25) is 0 Å². The summed E-state index contributed by atoms with van der Waals surface area (Å²) in [6.07, 6.45) is 0. The van der Waals surface area contributed by atoms with Crippen LogP contribution in [0.4, 0.5) is 0 Å². The highest BCUT2D eigenvalue weighted by Crippen LogP contribution is 2.12. The summed E-state index contributed by atoms with van der Waals surface area (Å²) in [7, 11) is 0. The predicted molar refractivity (Wildman–Crippen MR) is 122 cm³/mol. The molecule has 0 saturated carbocycles. The summed E-state index contributed by atoms with van der Waals surface area (Å²) in [6.45, 7) is -0.440. The van der Waals surface area contributed by atoms with Crippen molar-refractivity contribution in [2.45, 2.75) is 20.0 Å². The summed E-state index contributed by atoms with van der Waals surface area (Å²) in [4.78, 5) is 51.3. The lowest BCUT2D eigenvalue weighted by Crippen LogP contribution is -2.35. The van der Waals surface area contributed by atoms with Crippen LogP contribution in [0.15, 0.2) is 36.4 Å². The number of rotatable bonds is 12. The van der Waals surface area contributed by atoms with E-state index in [0.29, 0.717) is 17.0 Å². The van der Waals surface area contributed by atoms with Gasteiger partial charge in [-0.05, 0) is 31.2 Å². The fraction of sp³-hybridized carbons (Fsp3) is 0.292. The van der Waals surface area contributed by atoms with Crippen LogP contribution in [0, 0.1) is 18.8 Å². The van der Waals surface area contributed by atoms with Gasteiger partial charge in [-0.3, -0.25) is 34.0 Å². The summed E-state index contributed by atoms with van der Waals surface area (Å²) >= 11 is 0. The van der Waals surface area contributed by atoms with Crippen LogP contribution in [-0.2, 0) is 32.3 Å². The average Bonchev–Trinajstić information content (AvgIpc) is 2.71. The smallest absolute Gasteiger partial charge is 0.317 e. The fourth-order valence-electron chi connectivity index (χ4n) is 3.22. The molecule has 0 aliphatic carbocycles. The molecule has 2 aromatic rings. The van der Waals surface area contributed by atoms with Gasteiger partial charge in [0.1, 0.15) is 0 Å². The van der Waals surface area contributed by atoms with Gasteiger partial charge in [-0.25, -0.2) is 0 Å². The van der Waals surface area contributed by atoms with Gasteiger partial charge in [0, 0.05) is 24.2 Å². The van der Waals surface area contributed by atoms with Crippen LogP contribution in [0.2, 0.25) is 0 Å². The quantitative estimate of drug-likeness (QED) is 0.314. The molecule has 0 spiro atoms. The highest BCUT2D eigenvalue weighted by molar-refractivity contribution is 5.73. The van der Waals surface area contributed by atoms with E-state index >= 15 is 0 Å². The van der Waals surface area contributed by atoms with E-state index in [4.69, 9.17) is 20.4 Å². The van der Waals surface area contributed by atoms with Crippen LogP contribution in [0.1, 0.15) is 28.1 Å². The third kappa shape index (κ3) is 10.5. The molecule has 11 heteroatoms. The van der Waals surface area contributed by atoms with Gasteiger partial charge in [0.05, 0.1) is 37.6 Å². The van der Waals surface area contributed by atoms with Crippen LogP contribution in [0.3, 0.4) is 0 Å². The molecule has 35 heavy (non-hydrogen) atoms. The standard InChI is InChI=1S/C24H25N3O8/c1-16-2-4-17(5-3-16)6-7-18-8-19(10-26(12-21(28)29)13-22(30)31)25-20(9-18)11-27(14-23(32)33)15-24(34)35/h2-5,8-9H,10-15H2,1H3,(H,28,29)(H,30,31)(H,32,33)(H,34,35). The number of pyridine rings is 1. The second-order valence-corrected chi connectivity index (χ2v) is 7.82. The third-order valence-electron chi connectivity index (χ3n) is 4.54. The Kier molecular flexibility index (Phi) is 9.89. The van der Waals surface area contributed by atoms with Crippen molar-refractivity contribution in [1.29, 1.82) is 0 Å². The molecule has 0 amide bonds. The normalized spacial score (nSPS) is 10.6. The van der Waals surface area contributed by atoms with Gasteiger partial charge >= 0.3 is 23.9 Å². The summed E-state index contributed by atoms with van der Waals surface area (Å²) in [6, 6.07) is 10.7. The van der Waals surface area contributed by atoms with Crippen molar-refractivity contribution in [1.82, 2.24) is 14.8 Å². The Morgan fingerprint density at radius 1 is 0.686 bits per heavy atom. The molecule has 0 aliphatic rings. The Morgan fingerprint density at radius 3 is 1.43 bits per heavy atom. The Labute approximate surface area is 201 Å². The van der Waals surface area contributed by atoms with Gasteiger partial charge in [-0.1, -0.05) is 29.5 Å². The Bertz CT molecular complexity index is 1060. The molecule has 0 radical (unpaired) electrons. The van der Waals surface area contributed by atoms with Crippen LogP contribution in [0.25, 0.3) is 0 Å². The van der Waals surface area contributed by atoms with Crippen molar-refractivity contribution in [2.75, 3.05) is 26.2 Å². The molecule has 2 rings (SSSR count). The molecule has 1 aromatic heterocycles. The van der Waals surface area contributed by atoms with Gasteiger partial charge in [0.15, 0.2) is 0 Å². The molecule has 1 heterocycles. The van der Waals surface area contributed by atoms with Crippen molar-refractivity contribution in [2.24, 2.45) is 0 Å². The predicted octanol–water partition coefficient (Wildman–Crippen LogP) is 0.732. The lowest BCUT2D eigenvalue weighted by Gasteiger charge is -2.20. The Hall–Kier alpha value is -4.27. The van der Waals surface area contributed by atoms with Crippen molar-refractivity contribution in [3.05, 3.63) is 64.5 Å². The van der Waals surface area contributed by atoms with Crippen molar-refractivity contribution in [3.8, 4) is 11.8 Å². The van der Waals surface area contributed by atoms with E-state index in [9.17, 15) is 19.2 Å². The van der Waals surface area contributed by atoms with Crippen LogP contribution >= 0.6 is 0 Å². The molecular formula is C24H25N3O8. The number of carbonyl (C=O) groups is 4. The Morgan fingerprint density at radius 2 is 1.06 bits per heavy atom. The lowest BCUT2D eigenvalue weighted by molar-refractivity contribution is -0.144. The zero-order chi connectivity index (χ0) is 26.0. The van der Waals surface area contributed by atoms with Gasteiger partial charge in [-0.15, -0.1) is 0 Å². The number of aliphatic carboxylic acids is 4. The number of hydrogen-bond donors (Lipinski definition) is 4. The largest absolute Gasteiger partial charge is 0.480 e. The second-order valence-electron chi connectivity index (χ2n) is 7.82. The molecule has 0 fully saturated rings. The van der Waals surface area contributed by atoms with E-state index in [2.05, 4.69) is 16.8 Å². The fourth-order valence-corrected chi connectivity index (χ4v) is 3.22. The zero-order valence-corrected chi connectivity index (χ0v) is 19.0. The van der Waals surface area contributed by atoms with E-state index in [1.54, 1.807) is 12.1 Å². The highest BCUT2D eigenvalue weighted by atomic mass is 16.4. The first kappa shape index (κ1) is 27.0. The SMILES string of the molecule is Cc1ccc(C#Cc2cc(CN(CC(=O)O)CC(=O)O)nc(CN(CC(=O)O)CC(=O)O)c2)cc1. The molecular weight excluding hydrogens is 458 g/mol. The van der Waals surface area contributed by atoms with Crippen molar-refractivity contribution >= 4 is 23.9 Å². The second kappa shape index (κ2) is 12.8. The zero-order valence-electron chi connectivity index (χ0n) is 19.0. The molecule has 4 N–H and O–H groups in total. The summed E-state index contributed by atoms with van der Waals surface area (Å²) < 4.78 is 0.